The number of carboxylic acid groups (broad SMARTS) is 1. The van der Waals surface area contributed by atoms with Crippen LogP contribution >= 0.6 is 27.5 Å². The summed E-state index contributed by atoms with van der Waals surface area (Å²) in [5, 5.41) is 12.7. The Morgan fingerprint density at radius 1 is 1.17 bits per heavy atom. The molecule has 0 fully saturated rings. The Bertz CT molecular complexity index is 1070. The molecule has 0 amide bonds. The number of halogens is 2. The molecule has 0 bridgehead atoms. The van der Waals surface area contributed by atoms with E-state index in [1.165, 1.54) is 6.07 Å². The second-order valence-corrected chi connectivity index (χ2v) is 7.89. The van der Waals surface area contributed by atoms with Crippen LogP contribution in [-0.4, -0.2) is 18.2 Å². The first-order chi connectivity index (χ1) is 14.4. The standard InChI is InChI=1S/C23H21BrClNO4/c1-14-5-3-4-6-15(14)13-30-22-18(19(24)8-10-21(22)29-2)12-26-16-7-9-20(25)17(11-16)23(27)28/h3-11,26H,12-13H2,1-2H3,(H,27,28). The van der Waals surface area contributed by atoms with Crippen LogP contribution in [0.15, 0.2) is 59.1 Å². The Balaban J connectivity index is 1.86. The lowest BCUT2D eigenvalue weighted by Crippen LogP contribution is -2.07. The molecule has 0 heterocycles. The highest BCUT2D eigenvalue weighted by atomic mass is 79.9. The van der Waals surface area contributed by atoms with Gasteiger partial charge in [0.1, 0.15) is 6.61 Å². The molecule has 0 spiro atoms. The van der Waals surface area contributed by atoms with Crippen molar-refractivity contribution in [1.29, 1.82) is 0 Å². The molecular weight excluding hydrogens is 470 g/mol. The van der Waals surface area contributed by atoms with Crippen molar-refractivity contribution in [3.8, 4) is 11.5 Å². The monoisotopic (exact) mass is 489 g/mol. The summed E-state index contributed by atoms with van der Waals surface area (Å²) in [6.45, 7) is 2.83. The van der Waals surface area contributed by atoms with E-state index in [0.717, 1.165) is 21.2 Å². The Kier molecular flexibility index (Phi) is 7.24. The first-order valence-electron chi connectivity index (χ1n) is 9.20. The van der Waals surface area contributed by atoms with Gasteiger partial charge in [-0.2, -0.15) is 0 Å². The molecule has 0 aliphatic heterocycles. The summed E-state index contributed by atoms with van der Waals surface area (Å²) in [5.74, 6) is 0.162. The van der Waals surface area contributed by atoms with Crippen LogP contribution in [0.4, 0.5) is 5.69 Å². The number of nitrogens with one attached hydrogen (secondary N) is 1. The number of anilines is 1. The lowest BCUT2D eigenvalue weighted by molar-refractivity contribution is 0.0697. The maximum atomic E-state index is 11.3. The maximum Gasteiger partial charge on any atom is 0.337 e. The van der Waals surface area contributed by atoms with Crippen molar-refractivity contribution < 1.29 is 19.4 Å². The smallest absolute Gasteiger partial charge is 0.337 e. The van der Waals surface area contributed by atoms with Crippen molar-refractivity contribution in [3.05, 3.63) is 86.3 Å². The number of hydrogen-bond acceptors (Lipinski definition) is 4. The van der Waals surface area contributed by atoms with Gasteiger partial charge >= 0.3 is 5.97 Å². The third-order valence-corrected chi connectivity index (χ3v) is 5.76. The third kappa shape index (κ3) is 5.07. The van der Waals surface area contributed by atoms with Crippen LogP contribution in [0.5, 0.6) is 11.5 Å². The molecular formula is C23H21BrClNO4. The zero-order chi connectivity index (χ0) is 21.7. The Labute approximate surface area is 188 Å². The van der Waals surface area contributed by atoms with Gasteiger partial charge in [-0.25, -0.2) is 4.79 Å². The van der Waals surface area contributed by atoms with Crippen LogP contribution in [0.3, 0.4) is 0 Å². The fraction of sp³-hybridized carbons (Fsp3) is 0.174. The largest absolute Gasteiger partial charge is 0.493 e. The van der Waals surface area contributed by atoms with E-state index < -0.39 is 5.97 Å². The predicted molar refractivity (Wildman–Crippen MR) is 122 cm³/mol. The van der Waals surface area contributed by atoms with Gasteiger partial charge in [0.05, 0.1) is 17.7 Å². The SMILES string of the molecule is COc1ccc(Br)c(CNc2ccc(Cl)c(C(=O)O)c2)c1OCc1ccccc1C. The van der Waals surface area contributed by atoms with Crippen LogP contribution in [0.1, 0.15) is 27.0 Å². The van der Waals surface area contributed by atoms with E-state index in [1.807, 2.05) is 43.3 Å². The number of hydrogen-bond donors (Lipinski definition) is 2. The molecule has 0 saturated carbocycles. The zero-order valence-corrected chi connectivity index (χ0v) is 18.9. The summed E-state index contributed by atoms with van der Waals surface area (Å²) in [6.07, 6.45) is 0. The third-order valence-electron chi connectivity index (χ3n) is 4.69. The lowest BCUT2D eigenvalue weighted by atomic mass is 10.1. The predicted octanol–water partition coefficient (Wildman–Crippen LogP) is 6.31. The summed E-state index contributed by atoms with van der Waals surface area (Å²) >= 11 is 9.54. The highest BCUT2D eigenvalue weighted by Gasteiger charge is 2.16. The molecule has 3 aromatic carbocycles. The van der Waals surface area contributed by atoms with Crippen LogP contribution in [0, 0.1) is 6.92 Å². The van der Waals surface area contributed by atoms with E-state index in [0.29, 0.717) is 30.3 Å². The Morgan fingerprint density at radius 2 is 1.93 bits per heavy atom. The molecule has 156 valence electrons. The fourth-order valence-corrected chi connectivity index (χ4v) is 3.63. The summed E-state index contributed by atoms with van der Waals surface area (Å²) < 4.78 is 12.5. The van der Waals surface area contributed by atoms with Crippen LogP contribution in [0.2, 0.25) is 5.02 Å². The molecule has 0 atom stereocenters. The van der Waals surface area contributed by atoms with Gasteiger partial charge in [-0.3, -0.25) is 0 Å². The Hall–Kier alpha value is -2.70. The first kappa shape index (κ1) is 22.0. The van der Waals surface area contributed by atoms with Gasteiger partial charge in [-0.15, -0.1) is 0 Å². The summed E-state index contributed by atoms with van der Waals surface area (Å²) in [5.41, 5.74) is 3.77. The van der Waals surface area contributed by atoms with Gasteiger partial charge < -0.3 is 19.9 Å². The average Bonchev–Trinajstić information content (AvgIpc) is 2.73. The van der Waals surface area contributed by atoms with E-state index in [1.54, 1.807) is 19.2 Å². The van der Waals surface area contributed by atoms with E-state index >= 15 is 0 Å². The second-order valence-electron chi connectivity index (χ2n) is 6.63. The number of rotatable bonds is 8. The van der Waals surface area contributed by atoms with Gasteiger partial charge in [0.15, 0.2) is 11.5 Å². The van der Waals surface area contributed by atoms with Gasteiger partial charge in [-0.1, -0.05) is 51.8 Å². The molecule has 0 aromatic heterocycles. The van der Waals surface area contributed by atoms with Crippen molar-refractivity contribution in [2.45, 2.75) is 20.1 Å². The topological polar surface area (TPSA) is 67.8 Å². The molecule has 7 heteroatoms. The molecule has 5 nitrogen and oxygen atoms in total. The average molecular weight is 491 g/mol. The number of methoxy groups -OCH3 is 1. The minimum absolute atomic E-state index is 0.0439. The molecule has 30 heavy (non-hydrogen) atoms. The van der Waals surface area contributed by atoms with Crippen molar-refractivity contribution in [2.24, 2.45) is 0 Å². The number of ether oxygens (including phenoxy) is 2. The van der Waals surface area contributed by atoms with E-state index in [4.69, 9.17) is 21.1 Å². The first-order valence-corrected chi connectivity index (χ1v) is 10.4. The van der Waals surface area contributed by atoms with Crippen molar-refractivity contribution in [2.75, 3.05) is 12.4 Å². The molecule has 0 aliphatic carbocycles. The van der Waals surface area contributed by atoms with Gasteiger partial charge in [0, 0.05) is 22.3 Å². The van der Waals surface area contributed by atoms with Gasteiger partial charge in [0.2, 0.25) is 0 Å². The molecule has 0 saturated heterocycles. The lowest BCUT2D eigenvalue weighted by Gasteiger charge is -2.18. The van der Waals surface area contributed by atoms with Gasteiger partial charge in [-0.05, 0) is 48.4 Å². The molecule has 0 aliphatic rings. The maximum absolute atomic E-state index is 11.3. The normalized spacial score (nSPS) is 10.5. The fourth-order valence-electron chi connectivity index (χ4n) is 2.98. The van der Waals surface area contributed by atoms with Crippen molar-refractivity contribution in [3.63, 3.8) is 0 Å². The Morgan fingerprint density at radius 3 is 2.63 bits per heavy atom. The zero-order valence-electron chi connectivity index (χ0n) is 16.5. The van der Waals surface area contributed by atoms with Crippen molar-refractivity contribution in [1.82, 2.24) is 0 Å². The summed E-state index contributed by atoms with van der Waals surface area (Å²) in [7, 11) is 1.60. The number of aryl methyl sites for hydroxylation is 1. The molecule has 3 aromatic rings. The van der Waals surface area contributed by atoms with E-state index in [-0.39, 0.29) is 10.6 Å². The van der Waals surface area contributed by atoms with Crippen LogP contribution in [0.25, 0.3) is 0 Å². The molecule has 0 unspecified atom stereocenters. The summed E-state index contributed by atoms with van der Waals surface area (Å²) in [4.78, 5) is 11.3. The minimum atomic E-state index is -1.08. The molecule has 3 rings (SSSR count). The number of benzene rings is 3. The highest BCUT2D eigenvalue weighted by molar-refractivity contribution is 9.10. The second kappa shape index (κ2) is 9.87. The van der Waals surface area contributed by atoms with Crippen LogP contribution < -0.4 is 14.8 Å². The molecule has 2 N–H and O–H groups in total. The van der Waals surface area contributed by atoms with Crippen LogP contribution in [-0.2, 0) is 13.2 Å². The number of aromatic carboxylic acids is 1. The number of carbonyl (C=O) groups is 1. The number of carboxylic acids is 1. The highest BCUT2D eigenvalue weighted by Crippen LogP contribution is 2.37. The quantitative estimate of drug-likeness (QED) is 0.387. The molecule has 0 radical (unpaired) electrons. The van der Waals surface area contributed by atoms with E-state index in [9.17, 15) is 9.90 Å². The van der Waals surface area contributed by atoms with Crippen molar-refractivity contribution >= 4 is 39.2 Å². The summed E-state index contributed by atoms with van der Waals surface area (Å²) in [6, 6.07) is 16.6. The van der Waals surface area contributed by atoms with Gasteiger partial charge in [0.25, 0.3) is 0 Å². The minimum Gasteiger partial charge on any atom is -0.493 e. The van der Waals surface area contributed by atoms with E-state index in [2.05, 4.69) is 21.2 Å².